The van der Waals surface area contributed by atoms with Gasteiger partial charge >= 0.3 is 0 Å². The van der Waals surface area contributed by atoms with Crippen LogP contribution >= 0.6 is 0 Å². The minimum atomic E-state index is 1.03. The normalized spacial score (nSPS) is 17.0. The SMILES string of the molecule is Cc1ccccc1CN1CCN(Cc2cnn(C)c2C)CC1. The molecule has 1 aliphatic rings. The Morgan fingerprint density at radius 2 is 1.50 bits per heavy atom. The number of hydrogen-bond acceptors (Lipinski definition) is 3. The van der Waals surface area contributed by atoms with Gasteiger partial charge in [0.15, 0.2) is 0 Å². The molecule has 0 spiro atoms. The minimum Gasteiger partial charge on any atom is -0.297 e. The van der Waals surface area contributed by atoms with Crippen LogP contribution in [0.4, 0.5) is 0 Å². The van der Waals surface area contributed by atoms with E-state index >= 15 is 0 Å². The first-order valence-electron chi connectivity index (χ1n) is 8.10. The molecule has 1 aromatic heterocycles. The summed E-state index contributed by atoms with van der Waals surface area (Å²) < 4.78 is 1.96. The van der Waals surface area contributed by atoms with Crippen molar-refractivity contribution in [2.45, 2.75) is 26.9 Å². The van der Waals surface area contributed by atoms with E-state index in [9.17, 15) is 0 Å². The van der Waals surface area contributed by atoms with Crippen molar-refractivity contribution in [3.8, 4) is 0 Å². The molecule has 0 aliphatic carbocycles. The monoisotopic (exact) mass is 298 g/mol. The van der Waals surface area contributed by atoms with Crippen LogP contribution in [-0.2, 0) is 20.1 Å². The maximum Gasteiger partial charge on any atom is 0.0537 e. The van der Waals surface area contributed by atoms with Gasteiger partial charge in [0.2, 0.25) is 0 Å². The molecule has 1 fully saturated rings. The molecule has 1 aromatic carbocycles. The standard InChI is InChI=1S/C18H26N4/c1-15-6-4-5-7-17(15)13-21-8-10-22(11-9-21)14-18-12-19-20(3)16(18)2/h4-7,12H,8-11,13-14H2,1-3H3. The van der Waals surface area contributed by atoms with Crippen molar-refractivity contribution in [2.24, 2.45) is 7.05 Å². The van der Waals surface area contributed by atoms with E-state index in [1.807, 2.05) is 17.9 Å². The van der Waals surface area contributed by atoms with Crippen LogP contribution in [0.15, 0.2) is 30.5 Å². The van der Waals surface area contributed by atoms with E-state index in [2.05, 4.69) is 53.0 Å². The molecule has 4 nitrogen and oxygen atoms in total. The van der Waals surface area contributed by atoms with Gasteiger partial charge in [-0.3, -0.25) is 14.5 Å². The van der Waals surface area contributed by atoms with Crippen LogP contribution in [-0.4, -0.2) is 45.8 Å². The third-order valence-electron chi connectivity index (χ3n) is 4.85. The second-order valence-electron chi connectivity index (χ2n) is 6.36. The lowest BCUT2D eigenvalue weighted by atomic mass is 10.1. The second kappa shape index (κ2) is 6.63. The highest BCUT2D eigenvalue weighted by molar-refractivity contribution is 5.25. The summed E-state index contributed by atoms with van der Waals surface area (Å²) in [6.07, 6.45) is 2.01. The lowest BCUT2D eigenvalue weighted by molar-refractivity contribution is 0.121. The number of piperazine rings is 1. The van der Waals surface area contributed by atoms with Crippen LogP contribution in [0.5, 0.6) is 0 Å². The van der Waals surface area contributed by atoms with Crippen molar-refractivity contribution in [2.75, 3.05) is 26.2 Å². The summed E-state index contributed by atoms with van der Waals surface area (Å²) in [6.45, 7) is 11.0. The molecule has 2 heterocycles. The van der Waals surface area contributed by atoms with Gasteiger partial charge in [-0.05, 0) is 25.0 Å². The van der Waals surface area contributed by atoms with E-state index in [1.54, 1.807) is 0 Å². The molecule has 0 atom stereocenters. The quantitative estimate of drug-likeness (QED) is 0.866. The molecular formula is C18H26N4. The molecular weight excluding hydrogens is 272 g/mol. The maximum absolute atomic E-state index is 4.34. The highest BCUT2D eigenvalue weighted by Crippen LogP contribution is 2.15. The third-order valence-corrected chi connectivity index (χ3v) is 4.85. The fourth-order valence-corrected chi connectivity index (χ4v) is 3.07. The van der Waals surface area contributed by atoms with Crippen molar-refractivity contribution < 1.29 is 0 Å². The van der Waals surface area contributed by atoms with Gasteiger partial charge < -0.3 is 0 Å². The molecule has 4 heteroatoms. The Kier molecular flexibility index (Phi) is 4.60. The molecule has 1 saturated heterocycles. The van der Waals surface area contributed by atoms with Crippen LogP contribution < -0.4 is 0 Å². The van der Waals surface area contributed by atoms with Crippen LogP contribution in [0, 0.1) is 13.8 Å². The molecule has 0 N–H and O–H groups in total. The van der Waals surface area contributed by atoms with E-state index in [1.165, 1.54) is 22.4 Å². The first kappa shape index (κ1) is 15.3. The second-order valence-corrected chi connectivity index (χ2v) is 6.36. The molecule has 22 heavy (non-hydrogen) atoms. The molecule has 0 amide bonds. The summed E-state index contributed by atoms with van der Waals surface area (Å²) >= 11 is 0. The number of aryl methyl sites for hydroxylation is 2. The van der Waals surface area contributed by atoms with Gasteiger partial charge in [0, 0.05) is 57.6 Å². The van der Waals surface area contributed by atoms with E-state index in [0.717, 1.165) is 39.3 Å². The summed E-state index contributed by atoms with van der Waals surface area (Å²) in [4.78, 5) is 5.10. The molecule has 0 radical (unpaired) electrons. The maximum atomic E-state index is 4.34. The van der Waals surface area contributed by atoms with Gasteiger partial charge in [0.05, 0.1) is 6.20 Å². The van der Waals surface area contributed by atoms with E-state index in [0.29, 0.717) is 0 Å². The van der Waals surface area contributed by atoms with Crippen molar-refractivity contribution in [1.29, 1.82) is 0 Å². The summed E-state index contributed by atoms with van der Waals surface area (Å²) in [5, 5.41) is 4.34. The van der Waals surface area contributed by atoms with Gasteiger partial charge in [-0.2, -0.15) is 5.10 Å². The van der Waals surface area contributed by atoms with Crippen molar-refractivity contribution in [3.63, 3.8) is 0 Å². The Morgan fingerprint density at radius 3 is 2.05 bits per heavy atom. The van der Waals surface area contributed by atoms with Gasteiger partial charge in [0.25, 0.3) is 0 Å². The van der Waals surface area contributed by atoms with Gasteiger partial charge in [-0.1, -0.05) is 24.3 Å². The largest absolute Gasteiger partial charge is 0.297 e. The van der Waals surface area contributed by atoms with Gasteiger partial charge in [-0.15, -0.1) is 0 Å². The van der Waals surface area contributed by atoms with Crippen LogP contribution in [0.3, 0.4) is 0 Å². The molecule has 1 aliphatic heterocycles. The summed E-state index contributed by atoms with van der Waals surface area (Å²) in [7, 11) is 2.01. The number of aromatic nitrogens is 2. The number of rotatable bonds is 4. The molecule has 0 saturated carbocycles. The average Bonchev–Trinajstić information content (AvgIpc) is 2.83. The zero-order chi connectivity index (χ0) is 15.5. The highest BCUT2D eigenvalue weighted by Gasteiger charge is 2.18. The smallest absolute Gasteiger partial charge is 0.0537 e. The van der Waals surface area contributed by atoms with Crippen molar-refractivity contribution >= 4 is 0 Å². The third kappa shape index (κ3) is 3.39. The van der Waals surface area contributed by atoms with E-state index < -0.39 is 0 Å². The van der Waals surface area contributed by atoms with Gasteiger partial charge in [0.1, 0.15) is 0 Å². The number of nitrogens with zero attached hydrogens (tertiary/aromatic N) is 4. The summed E-state index contributed by atoms with van der Waals surface area (Å²) in [5.41, 5.74) is 5.49. The van der Waals surface area contributed by atoms with Crippen molar-refractivity contribution in [3.05, 3.63) is 52.8 Å². The molecule has 118 valence electrons. The Morgan fingerprint density at radius 1 is 0.909 bits per heavy atom. The Bertz CT molecular complexity index is 624. The molecule has 2 aromatic rings. The lowest BCUT2D eigenvalue weighted by Crippen LogP contribution is -2.45. The lowest BCUT2D eigenvalue weighted by Gasteiger charge is -2.34. The van der Waals surface area contributed by atoms with Crippen LogP contribution in [0.2, 0.25) is 0 Å². The molecule has 3 rings (SSSR count). The highest BCUT2D eigenvalue weighted by atomic mass is 15.3. The van der Waals surface area contributed by atoms with E-state index in [4.69, 9.17) is 0 Å². The molecule has 0 unspecified atom stereocenters. The number of benzene rings is 1. The Hall–Kier alpha value is -1.65. The predicted molar refractivity (Wildman–Crippen MR) is 89.7 cm³/mol. The number of hydrogen-bond donors (Lipinski definition) is 0. The fourth-order valence-electron chi connectivity index (χ4n) is 3.07. The molecule has 0 bridgehead atoms. The van der Waals surface area contributed by atoms with Crippen LogP contribution in [0.25, 0.3) is 0 Å². The topological polar surface area (TPSA) is 24.3 Å². The zero-order valence-corrected chi connectivity index (χ0v) is 13.9. The summed E-state index contributed by atoms with van der Waals surface area (Å²) in [5.74, 6) is 0. The zero-order valence-electron chi connectivity index (χ0n) is 13.9. The van der Waals surface area contributed by atoms with Gasteiger partial charge in [-0.25, -0.2) is 0 Å². The fraction of sp³-hybridized carbons (Fsp3) is 0.500. The Labute approximate surface area is 133 Å². The first-order valence-corrected chi connectivity index (χ1v) is 8.10. The summed E-state index contributed by atoms with van der Waals surface area (Å²) in [6, 6.07) is 8.72. The minimum absolute atomic E-state index is 1.03. The van der Waals surface area contributed by atoms with E-state index in [-0.39, 0.29) is 0 Å². The first-order chi connectivity index (χ1) is 10.6. The van der Waals surface area contributed by atoms with Crippen LogP contribution in [0.1, 0.15) is 22.4 Å². The van der Waals surface area contributed by atoms with Crippen molar-refractivity contribution in [1.82, 2.24) is 19.6 Å². The predicted octanol–water partition coefficient (Wildman–Crippen LogP) is 2.35. The Balaban J connectivity index is 1.52. The average molecular weight is 298 g/mol.